The van der Waals surface area contributed by atoms with E-state index in [2.05, 4.69) is 16.7 Å². The molecule has 0 aliphatic carbocycles. The summed E-state index contributed by atoms with van der Waals surface area (Å²) in [5.74, 6) is 5.45. The number of carbonyl (C=O) groups is 1. The molecule has 0 radical (unpaired) electrons. The molecule has 0 saturated carbocycles. The van der Waals surface area contributed by atoms with Crippen molar-refractivity contribution < 1.29 is 9.53 Å². The highest BCUT2D eigenvalue weighted by atomic mass is 16.5. The molecule has 3 nitrogen and oxygen atoms in total. The Morgan fingerprint density at radius 3 is 2.68 bits per heavy atom. The summed E-state index contributed by atoms with van der Waals surface area (Å²) in [5.41, 5.74) is -0.201. The highest BCUT2D eigenvalue weighted by Crippen LogP contribution is 2.19. The number of benzene rings is 1. The van der Waals surface area contributed by atoms with Crippen molar-refractivity contribution in [1.29, 1.82) is 0 Å². The van der Waals surface area contributed by atoms with Crippen LogP contribution in [-0.4, -0.2) is 24.5 Å². The molecule has 98 valence electrons. The molecule has 0 aliphatic rings. The maximum absolute atomic E-state index is 12.1. The molecule has 1 atom stereocenters. The van der Waals surface area contributed by atoms with E-state index in [9.17, 15) is 4.79 Å². The van der Waals surface area contributed by atoms with Crippen LogP contribution in [0.4, 0.5) is 0 Å². The summed E-state index contributed by atoms with van der Waals surface area (Å²) < 4.78 is 5.33. The molecule has 0 amide bonds. The first-order chi connectivity index (χ1) is 9.11. The molecule has 0 bridgehead atoms. The van der Waals surface area contributed by atoms with Gasteiger partial charge in [-0.2, -0.15) is 0 Å². The monoisotopic (exact) mass is 255 g/mol. The number of hydrogen-bond donors (Lipinski definition) is 0. The number of nitrogens with zero attached hydrogens (tertiary/aromatic N) is 1. The van der Waals surface area contributed by atoms with E-state index in [1.165, 1.54) is 0 Å². The summed E-state index contributed by atoms with van der Waals surface area (Å²) in [4.78, 5) is 15.6. The Bertz CT molecular complexity index is 519. The zero-order chi connectivity index (χ0) is 14.1. The maximum Gasteiger partial charge on any atom is 0.259 e. The van der Waals surface area contributed by atoms with Crippen molar-refractivity contribution >= 4 is 5.78 Å². The maximum atomic E-state index is 12.1. The predicted molar refractivity (Wildman–Crippen MR) is 74.7 cm³/mol. The van der Waals surface area contributed by atoms with E-state index >= 15 is 0 Å². The van der Waals surface area contributed by atoms with Gasteiger partial charge >= 0.3 is 0 Å². The molecule has 19 heavy (non-hydrogen) atoms. The first-order valence-corrected chi connectivity index (χ1v) is 6.05. The van der Waals surface area contributed by atoms with Crippen LogP contribution < -0.4 is 0 Å². The highest BCUT2D eigenvalue weighted by molar-refractivity contribution is 5.96. The molecule has 3 heteroatoms. The fourth-order valence-corrected chi connectivity index (χ4v) is 1.59. The third kappa shape index (κ3) is 4.95. The van der Waals surface area contributed by atoms with Crippen molar-refractivity contribution in [3.05, 3.63) is 47.3 Å². The fourth-order valence-electron chi connectivity index (χ4n) is 1.59. The van der Waals surface area contributed by atoms with Gasteiger partial charge in [0.25, 0.3) is 5.54 Å². The molecule has 0 heterocycles. The van der Waals surface area contributed by atoms with Crippen LogP contribution in [0, 0.1) is 18.4 Å². The van der Waals surface area contributed by atoms with E-state index in [1.54, 1.807) is 26.0 Å². The molecule has 1 unspecified atom stereocenters. The number of rotatable bonds is 6. The SMILES string of the molecule is [C-]#[N+]C(C)(COCC#CC)CC(=O)c1ccccc1. The van der Waals surface area contributed by atoms with Crippen LogP contribution in [0.1, 0.15) is 30.6 Å². The van der Waals surface area contributed by atoms with Crippen LogP contribution >= 0.6 is 0 Å². The number of carbonyl (C=O) groups excluding carboxylic acids is 1. The van der Waals surface area contributed by atoms with Gasteiger partial charge in [-0.3, -0.25) is 4.79 Å². The van der Waals surface area contributed by atoms with Crippen LogP contribution in [0.25, 0.3) is 4.85 Å². The van der Waals surface area contributed by atoms with Crippen molar-refractivity contribution in [2.24, 2.45) is 0 Å². The summed E-state index contributed by atoms with van der Waals surface area (Å²) in [5, 5.41) is 0. The van der Waals surface area contributed by atoms with Crippen molar-refractivity contribution in [3.8, 4) is 11.8 Å². The zero-order valence-corrected chi connectivity index (χ0v) is 11.3. The van der Waals surface area contributed by atoms with E-state index in [1.807, 2.05) is 18.2 Å². The average Bonchev–Trinajstić information content (AvgIpc) is 2.44. The van der Waals surface area contributed by atoms with Gasteiger partial charge in [0, 0.05) is 12.5 Å². The third-order valence-corrected chi connectivity index (χ3v) is 2.67. The van der Waals surface area contributed by atoms with Gasteiger partial charge in [-0.25, -0.2) is 6.57 Å². The number of ether oxygens (including phenoxy) is 1. The molecule has 1 aromatic carbocycles. The Labute approximate surface area is 114 Å². The summed E-state index contributed by atoms with van der Waals surface area (Å²) in [6.45, 7) is 11.2. The smallest absolute Gasteiger partial charge is 0.259 e. The second-order valence-electron chi connectivity index (χ2n) is 4.49. The molecule has 0 spiro atoms. The van der Waals surface area contributed by atoms with Gasteiger partial charge in [0.15, 0.2) is 5.78 Å². The van der Waals surface area contributed by atoms with Crippen molar-refractivity contribution in [2.45, 2.75) is 25.8 Å². The van der Waals surface area contributed by atoms with Crippen LogP contribution in [-0.2, 0) is 4.74 Å². The largest absolute Gasteiger partial charge is 0.360 e. The first-order valence-electron chi connectivity index (χ1n) is 6.05. The fraction of sp³-hybridized carbons (Fsp3) is 0.375. The topological polar surface area (TPSA) is 30.7 Å². The number of ketones is 1. The summed E-state index contributed by atoms with van der Waals surface area (Å²) >= 11 is 0. The van der Waals surface area contributed by atoms with Crippen LogP contribution in [0.5, 0.6) is 0 Å². The van der Waals surface area contributed by atoms with Gasteiger partial charge in [-0.05, 0) is 6.92 Å². The van der Waals surface area contributed by atoms with E-state index in [0.29, 0.717) is 12.2 Å². The lowest BCUT2D eigenvalue weighted by Crippen LogP contribution is -2.30. The number of hydrogen-bond acceptors (Lipinski definition) is 2. The van der Waals surface area contributed by atoms with E-state index in [-0.39, 0.29) is 18.8 Å². The Kier molecular flexibility index (Phi) is 5.79. The lowest BCUT2D eigenvalue weighted by Gasteiger charge is -2.15. The van der Waals surface area contributed by atoms with Crippen molar-refractivity contribution in [1.82, 2.24) is 0 Å². The molecule has 0 aliphatic heterocycles. The van der Waals surface area contributed by atoms with Gasteiger partial charge in [0.2, 0.25) is 0 Å². The van der Waals surface area contributed by atoms with E-state index in [0.717, 1.165) is 0 Å². The third-order valence-electron chi connectivity index (χ3n) is 2.67. The lowest BCUT2D eigenvalue weighted by molar-refractivity contribution is 0.0891. The van der Waals surface area contributed by atoms with Crippen molar-refractivity contribution in [2.75, 3.05) is 13.2 Å². The Morgan fingerprint density at radius 2 is 2.11 bits per heavy atom. The molecule has 0 aromatic heterocycles. The second kappa shape index (κ2) is 7.36. The standard InChI is InChI=1S/C16H17NO2/c1-4-5-11-19-13-16(2,17-3)12-15(18)14-9-7-6-8-10-14/h6-10H,11-13H2,1-2H3. The van der Waals surface area contributed by atoms with E-state index < -0.39 is 5.54 Å². The predicted octanol–water partition coefficient (Wildman–Crippen LogP) is 2.98. The minimum Gasteiger partial charge on any atom is -0.360 e. The van der Waals surface area contributed by atoms with Gasteiger partial charge in [-0.1, -0.05) is 36.3 Å². The molecule has 0 saturated heterocycles. The van der Waals surface area contributed by atoms with E-state index in [4.69, 9.17) is 11.3 Å². The highest BCUT2D eigenvalue weighted by Gasteiger charge is 2.34. The van der Waals surface area contributed by atoms with Crippen LogP contribution in [0.15, 0.2) is 30.3 Å². The van der Waals surface area contributed by atoms with Gasteiger partial charge < -0.3 is 9.58 Å². The van der Waals surface area contributed by atoms with Gasteiger partial charge in [0.05, 0.1) is 6.42 Å². The summed E-state index contributed by atoms with van der Waals surface area (Å²) in [7, 11) is 0. The Hall–Kier alpha value is -2.10. The van der Waals surface area contributed by atoms with Crippen LogP contribution in [0.3, 0.4) is 0 Å². The molecule has 1 rings (SSSR count). The quantitative estimate of drug-likeness (QED) is 0.338. The lowest BCUT2D eigenvalue weighted by atomic mass is 9.94. The average molecular weight is 255 g/mol. The summed E-state index contributed by atoms with van der Waals surface area (Å²) in [6, 6.07) is 9.01. The molecule has 1 aromatic rings. The number of Topliss-reactive ketones (excluding diaryl/α,β-unsaturated/α-hetero) is 1. The molecular formula is C16H17NO2. The first kappa shape index (κ1) is 15.0. The normalized spacial score (nSPS) is 12.7. The molecular weight excluding hydrogens is 238 g/mol. The minimum atomic E-state index is -0.831. The summed E-state index contributed by atoms with van der Waals surface area (Å²) in [6.07, 6.45) is 0.153. The van der Waals surface area contributed by atoms with Crippen molar-refractivity contribution in [3.63, 3.8) is 0 Å². The van der Waals surface area contributed by atoms with Crippen LogP contribution in [0.2, 0.25) is 0 Å². The minimum absolute atomic E-state index is 0.0377. The zero-order valence-electron chi connectivity index (χ0n) is 11.3. The molecule has 0 N–H and O–H groups in total. The Balaban J connectivity index is 2.62. The van der Waals surface area contributed by atoms with Gasteiger partial charge in [-0.15, -0.1) is 5.92 Å². The Morgan fingerprint density at radius 1 is 1.42 bits per heavy atom. The molecule has 0 fully saturated rings. The van der Waals surface area contributed by atoms with Gasteiger partial charge in [0.1, 0.15) is 13.2 Å². The second-order valence-corrected chi connectivity index (χ2v) is 4.49.